The molecule has 98 valence electrons. The number of hydrogen-bond acceptors (Lipinski definition) is 2. The Hall–Kier alpha value is -1.58. The number of carbonyl (C=O) groups excluding carboxylic acids is 1. The summed E-state index contributed by atoms with van der Waals surface area (Å²) in [6.07, 6.45) is 2.33. The SMILES string of the molecule is CC(C)C1(CNC(=O)c2ccc(F)c(N)c2)CC1. The van der Waals surface area contributed by atoms with E-state index in [0.717, 1.165) is 12.8 Å². The minimum Gasteiger partial charge on any atom is -0.396 e. The van der Waals surface area contributed by atoms with E-state index in [-0.39, 0.29) is 17.0 Å². The van der Waals surface area contributed by atoms with Crippen molar-refractivity contribution < 1.29 is 9.18 Å². The molecule has 1 fully saturated rings. The Kier molecular flexibility index (Phi) is 3.28. The zero-order valence-corrected chi connectivity index (χ0v) is 10.8. The minimum absolute atomic E-state index is 0.00708. The molecule has 4 heteroatoms. The van der Waals surface area contributed by atoms with Crippen molar-refractivity contribution in [3.8, 4) is 0 Å². The van der Waals surface area contributed by atoms with Crippen LogP contribution in [0.4, 0.5) is 10.1 Å². The Bertz CT molecular complexity index is 467. The summed E-state index contributed by atoms with van der Waals surface area (Å²) < 4.78 is 13.0. The van der Waals surface area contributed by atoms with Crippen LogP contribution in [-0.2, 0) is 0 Å². The summed E-state index contributed by atoms with van der Waals surface area (Å²) in [5.41, 5.74) is 6.13. The van der Waals surface area contributed by atoms with Crippen LogP contribution in [0.25, 0.3) is 0 Å². The van der Waals surface area contributed by atoms with Gasteiger partial charge in [-0.3, -0.25) is 4.79 Å². The molecule has 1 aliphatic rings. The largest absolute Gasteiger partial charge is 0.396 e. The summed E-state index contributed by atoms with van der Waals surface area (Å²) in [7, 11) is 0. The Morgan fingerprint density at radius 2 is 2.17 bits per heavy atom. The van der Waals surface area contributed by atoms with Gasteiger partial charge in [-0.2, -0.15) is 0 Å². The molecule has 1 aromatic rings. The molecular weight excluding hydrogens is 231 g/mol. The Morgan fingerprint density at radius 3 is 2.67 bits per heavy atom. The maximum Gasteiger partial charge on any atom is 0.251 e. The van der Waals surface area contributed by atoms with Crippen molar-refractivity contribution in [3.05, 3.63) is 29.6 Å². The second-order valence-electron chi connectivity index (χ2n) is 5.44. The van der Waals surface area contributed by atoms with Crippen LogP contribution >= 0.6 is 0 Å². The van der Waals surface area contributed by atoms with E-state index in [1.165, 1.54) is 18.2 Å². The van der Waals surface area contributed by atoms with Crippen LogP contribution in [0, 0.1) is 17.2 Å². The number of amides is 1. The molecule has 1 amide bonds. The zero-order chi connectivity index (χ0) is 13.3. The van der Waals surface area contributed by atoms with Gasteiger partial charge in [0.05, 0.1) is 5.69 Å². The molecule has 1 aliphatic carbocycles. The molecule has 0 radical (unpaired) electrons. The van der Waals surface area contributed by atoms with Crippen molar-refractivity contribution in [2.24, 2.45) is 11.3 Å². The monoisotopic (exact) mass is 250 g/mol. The number of nitrogens with one attached hydrogen (secondary N) is 1. The summed E-state index contributed by atoms with van der Waals surface area (Å²) in [6.45, 7) is 5.03. The highest BCUT2D eigenvalue weighted by atomic mass is 19.1. The molecule has 0 bridgehead atoms. The molecule has 0 saturated heterocycles. The van der Waals surface area contributed by atoms with Crippen molar-refractivity contribution in [3.63, 3.8) is 0 Å². The minimum atomic E-state index is -0.493. The third-order valence-electron chi connectivity index (χ3n) is 3.98. The molecular formula is C14H19FN2O. The highest BCUT2D eigenvalue weighted by molar-refractivity contribution is 5.95. The molecule has 0 atom stereocenters. The number of carbonyl (C=O) groups is 1. The average molecular weight is 250 g/mol. The lowest BCUT2D eigenvalue weighted by molar-refractivity contribution is 0.0940. The first-order chi connectivity index (χ1) is 8.44. The fourth-order valence-electron chi connectivity index (χ4n) is 2.16. The third kappa shape index (κ3) is 2.47. The number of rotatable bonds is 4. The van der Waals surface area contributed by atoms with Crippen molar-refractivity contribution in [1.29, 1.82) is 0 Å². The van der Waals surface area contributed by atoms with Crippen LogP contribution in [-0.4, -0.2) is 12.5 Å². The van der Waals surface area contributed by atoms with E-state index in [2.05, 4.69) is 19.2 Å². The topological polar surface area (TPSA) is 55.1 Å². The summed E-state index contributed by atoms with van der Waals surface area (Å²) >= 11 is 0. The summed E-state index contributed by atoms with van der Waals surface area (Å²) in [6, 6.07) is 4.05. The van der Waals surface area contributed by atoms with Gasteiger partial charge in [0.2, 0.25) is 0 Å². The first-order valence-electron chi connectivity index (χ1n) is 6.28. The Morgan fingerprint density at radius 1 is 1.50 bits per heavy atom. The molecule has 2 rings (SSSR count). The van der Waals surface area contributed by atoms with Crippen LogP contribution in [0.3, 0.4) is 0 Å². The summed E-state index contributed by atoms with van der Waals surface area (Å²) in [5.74, 6) is -0.114. The van der Waals surface area contributed by atoms with Gasteiger partial charge in [0.1, 0.15) is 5.82 Å². The van der Waals surface area contributed by atoms with Crippen LogP contribution < -0.4 is 11.1 Å². The number of nitrogens with two attached hydrogens (primary N) is 1. The normalized spacial score (nSPS) is 16.7. The Balaban J connectivity index is 1.98. The van der Waals surface area contributed by atoms with Crippen molar-refractivity contribution in [1.82, 2.24) is 5.32 Å². The molecule has 0 spiro atoms. The van der Waals surface area contributed by atoms with E-state index < -0.39 is 5.82 Å². The van der Waals surface area contributed by atoms with Gasteiger partial charge in [-0.15, -0.1) is 0 Å². The predicted molar refractivity (Wildman–Crippen MR) is 69.7 cm³/mol. The molecule has 0 aromatic heterocycles. The van der Waals surface area contributed by atoms with Gasteiger partial charge < -0.3 is 11.1 Å². The fourth-order valence-corrected chi connectivity index (χ4v) is 2.16. The maximum atomic E-state index is 13.0. The van der Waals surface area contributed by atoms with E-state index in [9.17, 15) is 9.18 Å². The van der Waals surface area contributed by atoms with Crippen LogP contribution in [0.5, 0.6) is 0 Å². The molecule has 1 aromatic carbocycles. The van der Waals surface area contributed by atoms with Gasteiger partial charge in [-0.25, -0.2) is 4.39 Å². The number of nitrogen functional groups attached to an aromatic ring is 1. The molecule has 0 aliphatic heterocycles. The average Bonchev–Trinajstić information content (AvgIpc) is 3.11. The van der Waals surface area contributed by atoms with Gasteiger partial charge in [0.15, 0.2) is 0 Å². The molecule has 0 heterocycles. The van der Waals surface area contributed by atoms with Crippen LogP contribution in [0.15, 0.2) is 18.2 Å². The smallest absolute Gasteiger partial charge is 0.251 e. The lowest BCUT2D eigenvalue weighted by atomic mass is 9.92. The van der Waals surface area contributed by atoms with Gasteiger partial charge >= 0.3 is 0 Å². The number of anilines is 1. The van der Waals surface area contributed by atoms with Crippen molar-refractivity contribution in [2.45, 2.75) is 26.7 Å². The van der Waals surface area contributed by atoms with Crippen LogP contribution in [0.2, 0.25) is 0 Å². The molecule has 18 heavy (non-hydrogen) atoms. The molecule has 3 N–H and O–H groups in total. The summed E-state index contributed by atoms with van der Waals surface area (Å²) in [4.78, 5) is 11.9. The number of hydrogen-bond donors (Lipinski definition) is 2. The fraction of sp³-hybridized carbons (Fsp3) is 0.500. The first-order valence-corrected chi connectivity index (χ1v) is 6.28. The van der Waals surface area contributed by atoms with Gasteiger partial charge in [-0.1, -0.05) is 13.8 Å². The second kappa shape index (κ2) is 4.59. The van der Waals surface area contributed by atoms with E-state index >= 15 is 0 Å². The molecule has 3 nitrogen and oxygen atoms in total. The molecule has 1 saturated carbocycles. The van der Waals surface area contributed by atoms with E-state index in [1.54, 1.807) is 0 Å². The second-order valence-corrected chi connectivity index (χ2v) is 5.44. The van der Waals surface area contributed by atoms with Crippen molar-refractivity contribution >= 4 is 11.6 Å². The van der Waals surface area contributed by atoms with Crippen molar-refractivity contribution in [2.75, 3.05) is 12.3 Å². The highest BCUT2D eigenvalue weighted by Gasteiger charge is 2.45. The first kappa shape index (κ1) is 12.9. The third-order valence-corrected chi connectivity index (χ3v) is 3.98. The lowest BCUT2D eigenvalue weighted by Gasteiger charge is -2.20. The van der Waals surface area contributed by atoms with Gasteiger partial charge in [-0.05, 0) is 42.4 Å². The predicted octanol–water partition coefficient (Wildman–Crippen LogP) is 2.57. The van der Waals surface area contributed by atoms with Crippen LogP contribution in [0.1, 0.15) is 37.0 Å². The van der Waals surface area contributed by atoms with Gasteiger partial charge in [0, 0.05) is 12.1 Å². The molecule has 0 unspecified atom stereocenters. The zero-order valence-electron chi connectivity index (χ0n) is 10.8. The number of benzene rings is 1. The van der Waals surface area contributed by atoms with E-state index in [4.69, 9.17) is 5.73 Å². The van der Waals surface area contributed by atoms with Gasteiger partial charge in [0.25, 0.3) is 5.91 Å². The lowest BCUT2D eigenvalue weighted by Crippen LogP contribution is -2.32. The van der Waals surface area contributed by atoms with E-state index in [1.807, 2.05) is 0 Å². The summed E-state index contributed by atoms with van der Waals surface area (Å²) in [5, 5.41) is 2.91. The standard InChI is InChI=1S/C14H19FN2O/c1-9(2)14(5-6-14)8-17-13(18)10-3-4-11(15)12(16)7-10/h3-4,7,9H,5-6,8,16H2,1-2H3,(H,17,18). The van der Waals surface area contributed by atoms with E-state index in [0.29, 0.717) is 18.0 Å². The Labute approximate surface area is 107 Å². The maximum absolute atomic E-state index is 13.0. The number of halogens is 1. The highest BCUT2D eigenvalue weighted by Crippen LogP contribution is 2.51. The quantitative estimate of drug-likeness (QED) is 0.807.